The van der Waals surface area contributed by atoms with Crippen LogP contribution >= 0.6 is 0 Å². The molecule has 0 radical (unpaired) electrons. The van der Waals surface area contributed by atoms with Crippen molar-refractivity contribution in [2.45, 2.75) is 13.0 Å². The summed E-state index contributed by atoms with van der Waals surface area (Å²) in [6.45, 7) is 3.13. The van der Waals surface area contributed by atoms with Crippen LogP contribution < -0.4 is 5.32 Å². The Hall–Kier alpha value is -2.57. The molecule has 0 unspecified atom stereocenters. The summed E-state index contributed by atoms with van der Waals surface area (Å²) in [6.07, 6.45) is 1.08. The van der Waals surface area contributed by atoms with Crippen molar-refractivity contribution in [3.63, 3.8) is 0 Å². The smallest absolute Gasteiger partial charge is 0.0991 e. The van der Waals surface area contributed by atoms with E-state index in [4.69, 9.17) is 5.26 Å². The van der Waals surface area contributed by atoms with E-state index in [-0.39, 0.29) is 0 Å². The quantitative estimate of drug-likeness (QED) is 0.746. The van der Waals surface area contributed by atoms with Gasteiger partial charge in [0.05, 0.1) is 11.6 Å². The first-order chi connectivity index (χ1) is 10.8. The van der Waals surface area contributed by atoms with Gasteiger partial charge in [-0.05, 0) is 41.5 Å². The van der Waals surface area contributed by atoms with E-state index in [1.807, 2.05) is 24.3 Å². The van der Waals surface area contributed by atoms with Crippen molar-refractivity contribution in [1.29, 1.82) is 5.26 Å². The van der Waals surface area contributed by atoms with Crippen LogP contribution in [0, 0.1) is 11.3 Å². The van der Waals surface area contributed by atoms with Gasteiger partial charge in [0, 0.05) is 42.7 Å². The van der Waals surface area contributed by atoms with Crippen LogP contribution in [0.25, 0.3) is 22.0 Å². The molecular formula is C19H17N3. The summed E-state index contributed by atoms with van der Waals surface area (Å²) >= 11 is 0. The lowest BCUT2D eigenvalue weighted by Gasteiger charge is -2.07. The summed E-state index contributed by atoms with van der Waals surface area (Å²) < 4.78 is 2.43. The summed E-state index contributed by atoms with van der Waals surface area (Å²) in [5.41, 5.74) is 5.79. The number of hydrogen-bond acceptors (Lipinski definition) is 2. The molecule has 3 aromatic rings. The van der Waals surface area contributed by atoms with Crippen LogP contribution in [-0.2, 0) is 13.0 Å². The zero-order chi connectivity index (χ0) is 14.9. The maximum atomic E-state index is 8.90. The van der Waals surface area contributed by atoms with E-state index in [1.165, 1.54) is 22.2 Å². The Morgan fingerprint density at radius 2 is 1.77 bits per heavy atom. The predicted octanol–water partition coefficient (Wildman–Crippen LogP) is 3.33. The average molecular weight is 287 g/mol. The van der Waals surface area contributed by atoms with Gasteiger partial charge in [0.25, 0.3) is 0 Å². The molecule has 0 bridgehead atoms. The highest BCUT2D eigenvalue weighted by Crippen LogP contribution is 2.27. The molecule has 4 rings (SSSR count). The molecule has 0 amide bonds. The fourth-order valence-corrected chi connectivity index (χ4v) is 3.25. The molecular weight excluding hydrogens is 270 g/mol. The van der Waals surface area contributed by atoms with Crippen LogP contribution in [0.5, 0.6) is 0 Å². The van der Waals surface area contributed by atoms with Gasteiger partial charge in [-0.1, -0.05) is 18.2 Å². The standard InChI is InChI=1S/C19H17N3/c20-13-14-1-3-15(4-2-14)16-5-6-19-17(11-16)12-18-7-8-21-9-10-22(18)19/h1-6,11-12,21H,7-10H2. The molecule has 108 valence electrons. The van der Waals surface area contributed by atoms with Crippen LogP contribution in [0.4, 0.5) is 0 Å². The molecule has 2 heterocycles. The average Bonchev–Trinajstić information content (AvgIpc) is 2.75. The number of benzene rings is 2. The fourth-order valence-electron chi connectivity index (χ4n) is 3.25. The van der Waals surface area contributed by atoms with E-state index >= 15 is 0 Å². The van der Waals surface area contributed by atoms with Crippen LogP contribution in [0.15, 0.2) is 48.5 Å². The molecule has 1 aliphatic rings. The minimum absolute atomic E-state index is 0.702. The lowest BCUT2D eigenvalue weighted by molar-refractivity contribution is 0.658. The molecule has 1 aliphatic heterocycles. The highest BCUT2D eigenvalue weighted by atomic mass is 15.0. The third kappa shape index (κ3) is 2.18. The number of nitrogens with zero attached hydrogens (tertiary/aromatic N) is 2. The highest BCUT2D eigenvalue weighted by molar-refractivity contribution is 5.86. The van der Waals surface area contributed by atoms with Crippen molar-refractivity contribution >= 4 is 10.9 Å². The second-order valence-corrected chi connectivity index (χ2v) is 5.75. The minimum atomic E-state index is 0.702. The van der Waals surface area contributed by atoms with E-state index in [2.05, 4.69) is 40.2 Å². The van der Waals surface area contributed by atoms with Crippen molar-refractivity contribution in [1.82, 2.24) is 9.88 Å². The molecule has 0 saturated heterocycles. The summed E-state index contributed by atoms with van der Waals surface area (Å²) in [6, 6.07) is 18.9. The summed E-state index contributed by atoms with van der Waals surface area (Å²) in [4.78, 5) is 0. The maximum Gasteiger partial charge on any atom is 0.0991 e. The molecule has 3 nitrogen and oxygen atoms in total. The monoisotopic (exact) mass is 287 g/mol. The molecule has 1 aromatic heterocycles. The normalized spacial score (nSPS) is 14.3. The Kier molecular flexibility index (Phi) is 3.17. The van der Waals surface area contributed by atoms with Crippen molar-refractivity contribution in [2.24, 2.45) is 0 Å². The Bertz CT molecular complexity index is 866. The van der Waals surface area contributed by atoms with Crippen LogP contribution in [0.3, 0.4) is 0 Å². The van der Waals surface area contributed by atoms with Gasteiger partial charge in [-0.2, -0.15) is 5.26 Å². The number of hydrogen-bond donors (Lipinski definition) is 1. The summed E-state index contributed by atoms with van der Waals surface area (Å²) in [5.74, 6) is 0. The molecule has 0 saturated carbocycles. The molecule has 3 heteroatoms. The topological polar surface area (TPSA) is 40.8 Å². The fraction of sp³-hybridized carbons (Fsp3) is 0.211. The van der Waals surface area contributed by atoms with Gasteiger partial charge in [-0.15, -0.1) is 0 Å². The third-order valence-electron chi connectivity index (χ3n) is 4.40. The van der Waals surface area contributed by atoms with Gasteiger partial charge < -0.3 is 9.88 Å². The Morgan fingerprint density at radius 3 is 2.59 bits per heavy atom. The number of rotatable bonds is 1. The zero-order valence-electron chi connectivity index (χ0n) is 12.3. The number of fused-ring (bicyclic) bond motifs is 3. The molecule has 1 N–H and O–H groups in total. The van der Waals surface area contributed by atoms with Crippen molar-refractivity contribution in [3.8, 4) is 17.2 Å². The molecule has 22 heavy (non-hydrogen) atoms. The van der Waals surface area contributed by atoms with E-state index in [9.17, 15) is 0 Å². The van der Waals surface area contributed by atoms with Gasteiger partial charge in [-0.3, -0.25) is 0 Å². The summed E-state index contributed by atoms with van der Waals surface area (Å²) in [7, 11) is 0. The lowest BCUT2D eigenvalue weighted by atomic mass is 10.0. The third-order valence-corrected chi connectivity index (χ3v) is 4.40. The first-order valence-electron chi connectivity index (χ1n) is 7.68. The molecule has 0 spiro atoms. The van der Waals surface area contributed by atoms with Crippen molar-refractivity contribution in [2.75, 3.05) is 13.1 Å². The minimum Gasteiger partial charge on any atom is -0.343 e. The Labute approximate surface area is 129 Å². The Morgan fingerprint density at radius 1 is 0.955 bits per heavy atom. The van der Waals surface area contributed by atoms with Gasteiger partial charge in [0.15, 0.2) is 0 Å². The van der Waals surface area contributed by atoms with Crippen molar-refractivity contribution < 1.29 is 0 Å². The first-order valence-corrected chi connectivity index (χ1v) is 7.68. The SMILES string of the molecule is N#Cc1ccc(-c2ccc3c(c2)cc2n3CCNCC2)cc1. The number of nitrogens with one attached hydrogen (secondary N) is 1. The van der Waals surface area contributed by atoms with Gasteiger partial charge in [-0.25, -0.2) is 0 Å². The first kappa shape index (κ1) is 13.1. The molecule has 0 fully saturated rings. The lowest BCUT2D eigenvalue weighted by Crippen LogP contribution is -2.17. The number of nitriles is 1. The van der Waals surface area contributed by atoms with E-state index in [0.717, 1.165) is 31.6 Å². The maximum absolute atomic E-state index is 8.90. The van der Waals surface area contributed by atoms with Crippen LogP contribution in [0.2, 0.25) is 0 Å². The Balaban J connectivity index is 1.79. The van der Waals surface area contributed by atoms with Gasteiger partial charge in [0.2, 0.25) is 0 Å². The second-order valence-electron chi connectivity index (χ2n) is 5.75. The number of aromatic nitrogens is 1. The predicted molar refractivity (Wildman–Crippen MR) is 88.7 cm³/mol. The van der Waals surface area contributed by atoms with E-state index in [0.29, 0.717) is 5.56 Å². The summed E-state index contributed by atoms with van der Waals surface area (Å²) in [5, 5.41) is 13.6. The van der Waals surface area contributed by atoms with Gasteiger partial charge in [0.1, 0.15) is 0 Å². The van der Waals surface area contributed by atoms with Crippen LogP contribution in [-0.4, -0.2) is 17.7 Å². The molecule has 2 aromatic carbocycles. The van der Waals surface area contributed by atoms with Crippen LogP contribution in [0.1, 0.15) is 11.3 Å². The van der Waals surface area contributed by atoms with E-state index in [1.54, 1.807) is 0 Å². The zero-order valence-corrected chi connectivity index (χ0v) is 12.3. The van der Waals surface area contributed by atoms with E-state index < -0.39 is 0 Å². The highest BCUT2D eigenvalue weighted by Gasteiger charge is 2.12. The second kappa shape index (κ2) is 5.32. The van der Waals surface area contributed by atoms with Crippen molar-refractivity contribution in [3.05, 3.63) is 59.8 Å². The molecule has 0 atom stereocenters. The van der Waals surface area contributed by atoms with Gasteiger partial charge >= 0.3 is 0 Å². The molecule has 0 aliphatic carbocycles. The largest absolute Gasteiger partial charge is 0.343 e.